The molecule has 0 N–H and O–H groups in total. The lowest BCUT2D eigenvalue weighted by atomic mass is 10.1. The van der Waals surface area contributed by atoms with E-state index in [-0.39, 0.29) is 11.7 Å². The number of hydrogen-bond donors (Lipinski definition) is 0. The first-order chi connectivity index (χ1) is 9.32. The predicted molar refractivity (Wildman–Crippen MR) is 79.3 cm³/mol. The van der Waals surface area contributed by atoms with Gasteiger partial charge in [0.1, 0.15) is 0 Å². The van der Waals surface area contributed by atoms with Crippen molar-refractivity contribution < 1.29 is 9.47 Å². The summed E-state index contributed by atoms with van der Waals surface area (Å²) in [7, 11) is 3.56. The van der Waals surface area contributed by atoms with Crippen LogP contribution in [0.2, 0.25) is 10.4 Å². The summed E-state index contributed by atoms with van der Waals surface area (Å²) in [6, 6.07) is 0. The second-order valence-electron chi connectivity index (χ2n) is 5.80. The quantitative estimate of drug-likeness (QED) is 0.853. The largest absolute Gasteiger partial charge is 0.382 e. The number of hydrogen-bond acceptors (Lipinski definition) is 4. The molecule has 5 nitrogen and oxygen atoms in total. The SMILES string of the molecule is COCC1CN(Cc2c(Cl)nc(Cl)n2C)CC(C)(C)O1. The summed E-state index contributed by atoms with van der Waals surface area (Å²) in [6.45, 7) is 7.07. The van der Waals surface area contributed by atoms with Gasteiger partial charge in [0.15, 0.2) is 5.15 Å². The van der Waals surface area contributed by atoms with E-state index in [1.807, 2.05) is 11.6 Å². The fourth-order valence-corrected chi connectivity index (χ4v) is 3.16. The Balaban J connectivity index is 2.11. The minimum absolute atomic E-state index is 0.0613. The summed E-state index contributed by atoms with van der Waals surface area (Å²) in [5.74, 6) is 0. The normalized spacial score (nSPS) is 23.2. The highest BCUT2D eigenvalue weighted by Crippen LogP contribution is 2.26. The van der Waals surface area contributed by atoms with E-state index in [0.717, 1.165) is 18.8 Å². The molecule has 1 aliphatic heterocycles. The molecule has 1 atom stereocenters. The first-order valence-corrected chi connectivity index (χ1v) is 7.33. The molecule has 20 heavy (non-hydrogen) atoms. The molecule has 2 heterocycles. The summed E-state index contributed by atoms with van der Waals surface area (Å²) < 4.78 is 13.0. The maximum Gasteiger partial charge on any atom is 0.204 e. The molecule has 1 fully saturated rings. The number of nitrogens with zero attached hydrogens (tertiary/aromatic N) is 3. The molecule has 2 rings (SSSR count). The van der Waals surface area contributed by atoms with Crippen molar-refractivity contribution in [3.05, 3.63) is 16.1 Å². The number of rotatable bonds is 4. The number of imidazole rings is 1. The number of aromatic nitrogens is 2. The van der Waals surface area contributed by atoms with Gasteiger partial charge in [0, 0.05) is 33.8 Å². The average molecular weight is 322 g/mol. The van der Waals surface area contributed by atoms with Gasteiger partial charge in [-0.1, -0.05) is 11.6 Å². The Bertz CT molecular complexity index is 476. The van der Waals surface area contributed by atoms with E-state index < -0.39 is 0 Å². The monoisotopic (exact) mass is 321 g/mol. The van der Waals surface area contributed by atoms with E-state index in [0.29, 0.717) is 23.6 Å². The summed E-state index contributed by atoms with van der Waals surface area (Å²) in [6.07, 6.45) is 0.0613. The Morgan fingerprint density at radius 3 is 2.70 bits per heavy atom. The lowest BCUT2D eigenvalue weighted by Crippen LogP contribution is -2.53. The Hall–Kier alpha value is -0.330. The molecule has 0 spiro atoms. The number of methoxy groups -OCH3 is 1. The van der Waals surface area contributed by atoms with Crippen LogP contribution in [0.5, 0.6) is 0 Å². The fraction of sp³-hybridized carbons (Fsp3) is 0.769. The van der Waals surface area contributed by atoms with Crippen molar-refractivity contribution in [3.63, 3.8) is 0 Å². The topological polar surface area (TPSA) is 39.5 Å². The predicted octanol–water partition coefficient (Wildman–Crippen LogP) is 2.35. The highest BCUT2D eigenvalue weighted by atomic mass is 35.5. The molecule has 1 aliphatic rings. The zero-order chi connectivity index (χ0) is 14.9. The summed E-state index contributed by atoms with van der Waals surface area (Å²) in [4.78, 5) is 6.38. The lowest BCUT2D eigenvalue weighted by molar-refractivity contribution is -0.154. The molecule has 0 bridgehead atoms. The first-order valence-electron chi connectivity index (χ1n) is 6.58. The number of morpholine rings is 1. The van der Waals surface area contributed by atoms with Gasteiger partial charge in [0.25, 0.3) is 0 Å². The Morgan fingerprint density at radius 2 is 2.15 bits per heavy atom. The van der Waals surface area contributed by atoms with Crippen LogP contribution in [-0.4, -0.2) is 53.0 Å². The van der Waals surface area contributed by atoms with Crippen molar-refractivity contribution >= 4 is 23.2 Å². The molecule has 0 aromatic carbocycles. The van der Waals surface area contributed by atoms with Crippen LogP contribution in [-0.2, 0) is 23.1 Å². The number of ether oxygens (including phenoxy) is 2. The van der Waals surface area contributed by atoms with Crippen LogP contribution in [0.4, 0.5) is 0 Å². The minimum Gasteiger partial charge on any atom is -0.382 e. The minimum atomic E-state index is -0.212. The van der Waals surface area contributed by atoms with Gasteiger partial charge in [-0.3, -0.25) is 4.90 Å². The van der Waals surface area contributed by atoms with E-state index in [1.165, 1.54) is 0 Å². The van der Waals surface area contributed by atoms with Crippen molar-refractivity contribution in [2.75, 3.05) is 26.8 Å². The van der Waals surface area contributed by atoms with E-state index in [9.17, 15) is 0 Å². The lowest BCUT2D eigenvalue weighted by Gasteiger charge is -2.42. The van der Waals surface area contributed by atoms with Crippen LogP contribution in [0.25, 0.3) is 0 Å². The molecule has 1 unspecified atom stereocenters. The Kier molecular flexibility index (Phi) is 4.97. The van der Waals surface area contributed by atoms with Gasteiger partial charge < -0.3 is 14.0 Å². The standard InChI is InChI=1S/C13H21Cl2N3O2/c1-13(2)8-18(5-9(20-13)7-19-4)6-10-11(14)16-12(15)17(10)3/h9H,5-8H2,1-4H3. The summed E-state index contributed by atoms with van der Waals surface area (Å²) in [5, 5.41) is 0.871. The van der Waals surface area contributed by atoms with E-state index in [4.69, 9.17) is 32.7 Å². The summed E-state index contributed by atoms with van der Waals surface area (Å²) in [5.41, 5.74) is 0.710. The van der Waals surface area contributed by atoms with Gasteiger partial charge in [0.2, 0.25) is 5.28 Å². The van der Waals surface area contributed by atoms with E-state index >= 15 is 0 Å². The molecular formula is C13H21Cl2N3O2. The molecule has 0 saturated carbocycles. The molecule has 1 aromatic heterocycles. The maximum absolute atomic E-state index is 6.14. The second kappa shape index (κ2) is 6.20. The molecule has 0 amide bonds. The smallest absolute Gasteiger partial charge is 0.204 e. The van der Waals surface area contributed by atoms with Crippen molar-refractivity contribution in [2.45, 2.75) is 32.1 Å². The zero-order valence-corrected chi connectivity index (χ0v) is 13.8. The van der Waals surface area contributed by atoms with Gasteiger partial charge in [0.05, 0.1) is 24.0 Å². The molecule has 114 valence electrons. The van der Waals surface area contributed by atoms with Gasteiger partial charge in [-0.05, 0) is 25.4 Å². The average Bonchev–Trinajstić information content (AvgIpc) is 2.54. The van der Waals surface area contributed by atoms with Crippen LogP contribution in [0, 0.1) is 0 Å². The van der Waals surface area contributed by atoms with Crippen molar-refractivity contribution in [1.29, 1.82) is 0 Å². The summed E-state index contributed by atoms with van der Waals surface area (Å²) >= 11 is 12.1. The van der Waals surface area contributed by atoms with Crippen LogP contribution >= 0.6 is 23.2 Å². The third-order valence-corrected chi connectivity index (χ3v) is 4.03. The molecule has 0 aliphatic carbocycles. The van der Waals surface area contributed by atoms with E-state index in [1.54, 1.807) is 7.11 Å². The van der Waals surface area contributed by atoms with Crippen molar-refractivity contribution in [1.82, 2.24) is 14.5 Å². The third-order valence-electron chi connectivity index (χ3n) is 3.39. The van der Waals surface area contributed by atoms with Crippen LogP contribution in [0.1, 0.15) is 19.5 Å². The first kappa shape index (κ1) is 16.0. The maximum atomic E-state index is 6.14. The molecule has 1 saturated heterocycles. The van der Waals surface area contributed by atoms with Gasteiger partial charge >= 0.3 is 0 Å². The Labute approximate surface area is 129 Å². The van der Waals surface area contributed by atoms with Crippen molar-refractivity contribution in [2.24, 2.45) is 7.05 Å². The Morgan fingerprint density at radius 1 is 1.45 bits per heavy atom. The van der Waals surface area contributed by atoms with Gasteiger partial charge in [-0.2, -0.15) is 0 Å². The van der Waals surface area contributed by atoms with Gasteiger partial charge in [-0.15, -0.1) is 0 Å². The molecular weight excluding hydrogens is 301 g/mol. The van der Waals surface area contributed by atoms with Gasteiger partial charge in [-0.25, -0.2) is 4.98 Å². The van der Waals surface area contributed by atoms with Crippen LogP contribution in [0.3, 0.4) is 0 Å². The highest BCUT2D eigenvalue weighted by molar-refractivity contribution is 6.32. The van der Waals surface area contributed by atoms with Crippen molar-refractivity contribution in [3.8, 4) is 0 Å². The zero-order valence-electron chi connectivity index (χ0n) is 12.3. The third kappa shape index (κ3) is 3.65. The fourth-order valence-electron chi connectivity index (χ4n) is 2.66. The highest BCUT2D eigenvalue weighted by Gasteiger charge is 2.34. The van der Waals surface area contributed by atoms with E-state index in [2.05, 4.69) is 23.7 Å². The molecule has 1 aromatic rings. The second-order valence-corrected chi connectivity index (χ2v) is 6.50. The van der Waals surface area contributed by atoms with Crippen LogP contribution < -0.4 is 0 Å². The van der Waals surface area contributed by atoms with Crippen LogP contribution in [0.15, 0.2) is 0 Å². The molecule has 7 heteroatoms. The number of halogens is 2. The molecule has 0 radical (unpaired) electrons.